The van der Waals surface area contributed by atoms with E-state index < -0.39 is 71.9 Å². The molecule has 0 radical (unpaired) electrons. The van der Waals surface area contributed by atoms with Gasteiger partial charge < -0.3 is 14.7 Å². The standard InChI is InChI=1S/C30H31ClF6N2O4/c1-16-24(33)14-39(26(16)28(41)42)27(40)21-11-20(17-2-3-17)25(12-23(21)32)43-15-29(34)6-8-38(9-7-29)13-18-10-19(30(35,36)37)4-5-22(18)31/h4-5,10-12,16-17,24,26H,2-3,6-9,13-15H2,1H3,(H,41,42)/t16-,24-,26-/m0/s1. The minimum absolute atomic E-state index is 0.0233. The summed E-state index contributed by atoms with van der Waals surface area (Å²) in [6, 6.07) is 3.96. The molecular formula is C30H31ClF6N2O4. The number of carbonyl (C=O) groups excluding carboxylic acids is 1. The number of halogens is 7. The first-order valence-corrected chi connectivity index (χ1v) is 14.5. The molecule has 1 amide bonds. The van der Waals surface area contributed by atoms with E-state index in [0.717, 1.165) is 35.9 Å². The van der Waals surface area contributed by atoms with Crippen molar-refractivity contribution in [1.82, 2.24) is 9.80 Å². The molecule has 234 valence electrons. The van der Waals surface area contributed by atoms with Gasteiger partial charge in [-0.15, -0.1) is 0 Å². The van der Waals surface area contributed by atoms with Crippen LogP contribution < -0.4 is 4.74 Å². The molecule has 3 atom stereocenters. The third-order valence-electron chi connectivity index (χ3n) is 8.64. The fraction of sp³-hybridized carbons (Fsp3) is 0.533. The molecule has 0 unspecified atom stereocenters. The van der Waals surface area contributed by atoms with E-state index in [0.29, 0.717) is 11.1 Å². The monoisotopic (exact) mass is 632 g/mol. The summed E-state index contributed by atoms with van der Waals surface area (Å²) in [6.07, 6.45) is -4.54. The van der Waals surface area contributed by atoms with E-state index in [2.05, 4.69) is 0 Å². The maximum atomic E-state index is 15.8. The van der Waals surface area contributed by atoms with E-state index >= 15 is 8.78 Å². The number of carboxylic acids is 1. The lowest BCUT2D eigenvalue weighted by atomic mass is 9.93. The van der Waals surface area contributed by atoms with Crippen LogP contribution in [-0.2, 0) is 17.5 Å². The molecule has 3 aliphatic rings. The minimum atomic E-state index is -4.51. The van der Waals surface area contributed by atoms with Gasteiger partial charge in [-0.25, -0.2) is 18.0 Å². The second kappa shape index (κ2) is 11.8. The molecule has 6 nitrogen and oxygen atoms in total. The number of likely N-dealkylation sites (tertiary alicyclic amines) is 2. The number of piperidine rings is 1. The van der Waals surface area contributed by atoms with E-state index in [1.807, 2.05) is 0 Å². The van der Waals surface area contributed by atoms with Crippen molar-refractivity contribution >= 4 is 23.5 Å². The minimum Gasteiger partial charge on any atom is -0.490 e. The van der Waals surface area contributed by atoms with Crippen LogP contribution in [0, 0.1) is 11.7 Å². The Kier molecular flexibility index (Phi) is 8.65. The van der Waals surface area contributed by atoms with Gasteiger partial charge in [0.25, 0.3) is 5.91 Å². The molecule has 5 rings (SSSR count). The van der Waals surface area contributed by atoms with Gasteiger partial charge in [-0.3, -0.25) is 9.69 Å². The summed E-state index contributed by atoms with van der Waals surface area (Å²) in [5.41, 5.74) is -2.19. The highest BCUT2D eigenvalue weighted by molar-refractivity contribution is 6.31. The van der Waals surface area contributed by atoms with Crippen molar-refractivity contribution in [2.24, 2.45) is 5.92 Å². The summed E-state index contributed by atoms with van der Waals surface area (Å²) in [7, 11) is 0. The van der Waals surface area contributed by atoms with Crippen LogP contribution in [0.5, 0.6) is 5.75 Å². The third kappa shape index (κ3) is 6.74. The van der Waals surface area contributed by atoms with Gasteiger partial charge in [-0.2, -0.15) is 13.2 Å². The van der Waals surface area contributed by atoms with Crippen LogP contribution in [0.3, 0.4) is 0 Å². The highest BCUT2D eigenvalue weighted by Gasteiger charge is 2.47. The Morgan fingerprint density at radius 1 is 1.14 bits per heavy atom. The summed E-state index contributed by atoms with van der Waals surface area (Å²) >= 11 is 6.11. The molecule has 1 aliphatic carbocycles. The Bertz CT molecular complexity index is 1390. The van der Waals surface area contributed by atoms with Crippen molar-refractivity contribution in [3.05, 3.63) is 63.4 Å². The van der Waals surface area contributed by atoms with E-state index in [4.69, 9.17) is 16.3 Å². The maximum absolute atomic E-state index is 15.8. The van der Waals surface area contributed by atoms with Gasteiger partial charge in [0.15, 0.2) is 0 Å². The first-order valence-electron chi connectivity index (χ1n) is 14.1. The number of hydrogen-bond acceptors (Lipinski definition) is 4. The molecule has 1 saturated carbocycles. The van der Waals surface area contributed by atoms with Gasteiger partial charge in [-0.05, 0) is 67.0 Å². The number of alkyl halides is 5. The number of hydrogen-bond donors (Lipinski definition) is 1. The largest absolute Gasteiger partial charge is 0.490 e. The van der Waals surface area contributed by atoms with E-state index in [1.165, 1.54) is 19.1 Å². The lowest BCUT2D eigenvalue weighted by molar-refractivity contribution is -0.142. The predicted octanol–water partition coefficient (Wildman–Crippen LogP) is 6.64. The summed E-state index contributed by atoms with van der Waals surface area (Å²) in [5, 5.41) is 9.72. The van der Waals surface area contributed by atoms with Crippen LogP contribution in [0.25, 0.3) is 0 Å². The van der Waals surface area contributed by atoms with E-state index in [1.54, 1.807) is 4.90 Å². The van der Waals surface area contributed by atoms with Crippen molar-refractivity contribution in [3.8, 4) is 5.75 Å². The van der Waals surface area contributed by atoms with Gasteiger partial charge in [0.2, 0.25) is 0 Å². The van der Waals surface area contributed by atoms with E-state index in [9.17, 15) is 32.3 Å². The number of nitrogens with zero attached hydrogens (tertiary/aromatic N) is 2. The lowest BCUT2D eigenvalue weighted by Crippen LogP contribution is -2.44. The van der Waals surface area contributed by atoms with Crippen LogP contribution in [0.4, 0.5) is 26.3 Å². The van der Waals surface area contributed by atoms with E-state index in [-0.39, 0.29) is 49.2 Å². The fourth-order valence-corrected chi connectivity index (χ4v) is 6.00. The van der Waals surface area contributed by atoms with Gasteiger partial charge in [0.1, 0.15) is 36.1 Å². The number of amides is 1. The highest BCUT2D eigenvalue weighted by Crippen LogP contribution is 2.46. The average molecular weight is 633 g/mol. The molecule has 0 spiro atoms. The summed E-state index contributed by atoms with van der Waals surface area (Å²) in [6.45, 7) is 1.11. The first kappa shape index (κ1) is 31.4. The van der Waals surface area contributed by atoms with Crippen molar-refractivity contribution in [2.75, 3.05) is 26.2 Å². The summed E-state index contributed by atoms with van der Waals surface area (Å²) in [5.74, 6) is -4.20. The normalized spacial score (nSPS) is 24.3. The van der Waals surface area contributed by atoms with Gasteiger partial charge in [-0.1, -0.05) is 18.5 Å². The van der Waals surface area contributed by atoms with Crippen LogP contribution in [0.2, 0.25) is 5.02 Å². The van der Waals surface area contributed by atoms with Crippen molar-refractivity contribution < 1.29 is 45.8 Å². The first-order chi connectivity index (χ1) is 20.2. The SMILES string of the molecule is C[C@@H]1[C@@H](C(=O)O)N(C(=O)c2cc(C3CC3)c(OCC3(F)CCN(Cc4cc(C(F)(F)F)ccc4Cl)CC3)cc2F)C[C@@H]1F. The molecule has 2 aliphatic heterocycles. The van der Waals surface area contributed by atoms with Gasteiger partial charge in [0, 0.05) is 36.6 Å². The number of rotatable bonds is 8. The Balaban J connectivity index is 1.25. The van der Waals surface area contributed by atoms with Crippen LogP contribution in [-0.4, -0.2) is 70.9 Å². The van der Waals surface area contributed by atoms with Crippen LogP contribution >= 0.6 is 11.6 Å². The molecule has 0 bridgehead atoms. The van der Waals surface area contributed by atoms with Crippen LogP contribution in [0.1, 0.15) is 65.6 Å². The molecule has 1 N–H and O–H groups in total. The molecule has 3 fully saturated rings. The molecule has 2 saturated heterocycles. The highest BCUT2D eigenvalue weighted by atomic mass is 35.5. The zero-order valence-electron chi connectivity index (χ0n) is 23.3. The number of benzene rings is 2. The number of carboxylic acid groups (broad SMARTS) is 1. The molecule has 2 aromatic rings. The molecule has 13 heteroatoms. The fourth-order valence-electron chi connectivity index (χ4n) is 5.82. The molecule has 43 heavy (non-hydrogen) atoms. The Hall–Kier alpha value is -2.99. The van der Waals surface area contributed by atoms with Gasteiger partial charge in [0.05, 0.1) is 17.7 Å². The maximum Gasteiger partial charge on any atom is 0.416 e. The third-order valence-corrected chi connectivity index (χ3v) is 9.01. The predicted molar refractivity (Wildman–Crippen MR) is 145 cm³/mol. The Labute approximate surface area is 249 Å². The quantitative estimate of drug-likeness (QED) is 0.331. The Morgan fingerprint density at radius 3 is 2.42 bits per heavy atom. The Morgan fingerprint density at radius 2 is 1.81 bits per heavy atom. The zero-order chi connectivity index (χ0) is 31.3. The van der Waals surface area contributed by atoms with Gasteiger partial charge >= 0.3 is 12.1 Å². The second-order valence-corrected chi connectivity index (χ2v) is 12.2. The topological polar surface area (TPSA) is 70.1 Å². The van der Waals surface area contributed by atoms with Crippen molar-refractivity contribution in [3.63, 3.8) is 0 Å². The van der Waals surface area contributed by atoms with Crippen molar-refractivity contribution in [1.29, 1.82) is 0 Å². The summed E-state index contributed by atoms with van der Waals surface area (Å²) in [4.78, 5) is 27.5. The second-order valence-electron chi connectivity index (χ2n) is 11.8. The van der Waals surface area contributed by atoms with Crippen LogP contribution in [0.15, 0.2) is 30.3 Å². The average Bonchev–Trinajstić information content (AvgIpc) is 3.73. The molecule has 2 aromatic carbocycles. The number of carbonyl (C=O) groups is 2. The smallest absolute Gasteiger partial charge is 0.416 e. The number of ether oxygens (including phenoxy) is 1. The molecular weight excluding hydrogens is 602 g/mol. The lowest BCUT2D eigenvalue weighted by Gasteiger charge is -2.36. The molecule has 2 heterocycles. The summed E-state index contributed by atoms with van der Waals surface area (Å²) < 4.78 is 90.4. The number of aliphatic carboxylic acids is 1. The van der Waals surface area contributed by atoms with Crippen molar-refractivity contribution in [2.45, 2.75) is 69.1 Å². The zero-order valence-corrected chi connectivity index (χ0v) is 24.0. The molecule has 0 aromatic heterocycles.